The lowest BCUT2D eigenvalue weighted by atomic mass is 10.1. The minimum Gasteiger partial charge on any atom is -0.481 e. The molecule has 0 aliphatic rings. The predicted molar refractivity (Wildman–Crippen MR) is 108 cm³/mol. The molecule has 0 heterocycles. The van der Waals surface area contributed by atoms with E-state index in [9.17, 15) is 9.59 Å². The number of anilines is 1. The smallest absolute Gasteiger partial charge is 0.265 e. The molecule has 0 aliphatic carbocycles. The van der Waals surface area contributed by atoms with Crippen molar-refractivity contribution in [1.82, 2.24) is 4.90 Å². The van der Waals surface area contributed by atoms with Crippen molar-refractivity contribution >= 4 is 17.5 Å². The van der Waals surface area contributed by atoms with Crippen LogP contribution in [0, 0.1) is 13.8 Å². The number of nitrogens with one attached hydrogen (secondary N) is 1. The van der Waals surface area contributed by atoms with Crippen LogP contribution in [0.2, 0.25) is 0 Å². The molecule has 0 saturated carbocycles. The van der Waals surface area contributed by atoms with Gasteiger partial charge in [-0.1, -0.05) is 18.2 Å². The van der Waals surface area contributed by atoms with E-state index < -0.39 is 6.10 Å². The van der Waals surface area contributed by atoms with E-state index in [0.717, 1.165) is 11.1 Å². The predicted octanol–water partition coefficient (Wildman–Crippen LogP) is 4.19. The summed E-state index contributed by atoms with van der Waals surface area (Å²) in [5, 5.41) is 2.83. The molecule has 1 atom stereocenters. The first-order chi connectivity index (χ1) is 12.8. The van der Waals surface area contributed by atoms with Crippen LogP contribution in [0.1, 0.15) is 42.3 Å². The molecule has 5 nitrogen and oxygen atoms in total. The van der Waals surface area contributed by atoms with Crippen LogP contribution in [0.3, 0.4) is 0 Å². The average Bonchev–Trinajstić information content (AvgIpc) is 2.65. The van der Waals surface area contributed by atoms with Gasteiger partial charge < -0.3 is 15.0 Å². The second-order valence-electron chi connectivity index (χ2n) is 6.58. The molecule has 0 aromatic heterocycles. The van der Waals surface area contributed by atoms with Crippen molar-refractivity contribution in [1.29, 1.82) is 0 Å². The molecule has 1 unspecified atom stereocenters. The Balaban J connectivity index is 2.08. The van der Waals surface area contributed by atoms with Crippen molar-refractivity contribution in [3.05, 3.63) is 59.2 Å². The van der Waals surface area contributed by atoms with Crippen LogP contribution in [-0.4, -0.2) is 35.9 Å². The van der Waals surface area contributed by atoms with E-state index in [0.29, 0.717) is 30.1 Å². The Morgan fingerprint density at radius 1 is 1.07 bits per heavy atom. The molecule has 0 spiro atoms. The quantitative estimate of drug-likeness (QED) is 0.797. The van der Waals surface area contributed by atoms with Crippen LogP contribution in [-0.2, 0) is 4.79 Å². The van der Waals surface area contributed by atoms with Crippen LogP contribution in [0.15, 0.2) is 42.5 Å². The third-order valence-electron chi connectivity index (χ3n) is 4.44. The number of nitrogens with zero attached hydrogens (tertiary/aromatic N) is 1. The van der Waals surface area contributed by atoms with E-state index in [1.54, 1.807) is 36.1 Å². The molecule has 1 N–H and O–H groups in total. The summed E-state index contributed by atoms with van der Waals surface area (Å²) in [5.41, 5.74) is 3.19. The lowest BCUT2D eigenvalue weighted by molar-refractivity contribution is -0.122. The number of ether oxygens (including phenoxy) is 1. The molecule has 27 heavy (non-hydrogen) atoms. The molecule has 0 fully saturated rings. The van der Waals surface area contributed by atoms with Crippen molar-refractivity contribution in [2.75, 3.05) is 18.4 Å². The number of rotatable bonds is 7. The number of carbonyl (C=O) groups excluding carboxylic acids is 2. The van der Waals surface area contributed by atoms with Gasteiger partial charge in [-0.2, -0.15) is 0 Å². The zero-order valence-corrected chi connectivity index (χ0v) is 16.7. The second-order valence-corrected chi connectivity index (χ2v) is 6.58. The summed E-state index contributed by atoms with van der Waals surface area (Å²) in [6, 6.07) is 12.9. The van der Waals surface area contributed by atoms with Gasteiger partial charge in [-0.15, -0.1) is 0 Å². The molecule has 2 rings (SSSR count). The first kappa shape index (κ1) is 20.5. The first-order valence-corrected chi connectivity index (χ1v) is 9.29. The average molecular weight is 368 g/mol. The van der Waals surface area contributed by atoms with E-state index in [1.165, 1.54) is 0 Å². The van der Waals surface area contributed by atoms with Gasteiger partial charge in [-0.3, -0.25) is 9.59 Å². The maximum absolute atomic E-state index is 12.5. The molecule has 0 bridgehead atoms. The van der Waals surface area contributed by atoms with E-state index in [4.69, 9.17) is 4.74 Å². The minimum absolute atomic E-state index is 0.0456. The summed E-state index contributed by atoms with van der Waals surface area (Å²) in [4.78, 5) is 26.7. The molecular weight excluding hydrogens is 340 g/mol. The maximum atomic E-state index is 12.5. The Labute approximate surface area is 161 Å². The summed E-state index contributed by atoms with van der Waals surface area (Å²) in [6.45, 7) is 10.8. The third-order valence-corrected chi connectivity index (χ3v) is 4.44. The Hall–Kier alpha value is -2.82. The zero-order valence-electron chi connectivity index (χ0n) is 16.7. The second kappa shape index (κ2) is 9.21. The standard InChI is InChI=1S/C22H28N2O3/c1-6-24(7-2)22(26)18-9-8-10-19(14-18)23-21(25)17(5)27-20-13-15(3)11-12-16(20)4/h8-14,17H,6-7H2,1-5H3,(H,23,25). The van der Waals surface area contributed by atoms with Crippen LogP contribution in [0.25, 0.3) is 0 Å². The Kier molecular flexibility index (Phi) is 6.99. The highest BCUT2D eigenvalue weighted by Crippen LogP contribution is 2.21. The van der Waals surface area contributed by atoms with E-state index in [1.807, 2.05) is 45.9 Å². The molecule has 144 valence electrons. The fraction of sp³-hybridized carbons (Fsp3) is 0.364. The summed E-state index contributed by atoms with van der Waals surface area (Å²) in [5.74, 6) is 0.391. The van der Waals surface area contributed by atoms with E-state index in [-0.39, 0.29) is 11.8 Å². The van der Waals surface area contributed by atoms with Crippen LogP contribution < -0.4 is 10.1 Å². The highest BCUT2D eigenvalue weighted by molar-refractivity contribution is 5.98. The maximum Gasteiger partial charge on any atom is 0.265 e. The Morgan fingerprint density at radius 2 is 1.78 bits per heavy atom. The van der Waals surface area contributed by atoms with Crippen LogP contribution >= 0.6 is 0 Å². The van der Waals surface area contributed by atoms with Crippen molar-refractivity contribution in [2.24, 2.45) is 0 Å². The molecule has 0 saturated heterocycles. The van der Waals surface area contributed by atoms with Gasteiger partial charge >= 0.3 is 0 Å². The zero-order chi connectivity index (χ0) is 20.0. The van der Waals surface area contributed by atoms with E-state index in [2.05, 4.69) is 5.32 Å². The van der Waals surface area contributed by atoms with Crippen LogP contribution in [0.5, 0.6) is 5.75 Å². The number of hydrogen-bond donors (Lipinski definition) is 1. The topological polar surface area (TPSA) is 58.6 Å². The number of amides is 2. The molecule has 0 radical (unpaired) electrons. The molecule has 2 aromatic rings. The van der Waals surface area contributed by atoms with Crippen molar-refractivity contribution in [2.45, 2.75) is 40.7 Å². The molecule has 5 heteroatoms. The fourth-order valence-corrected chi connectivity index (χ4v) is 2.75. The number of carbonyl (C=O) groups is 2. The van der Waals surface area contributed by atoms with Gasteiger partial charge in [0.05, 0.1) is 0 Å². The summed E-state index contributed by atoms with van der Waals surface area (Å²) in [6.07, 6.45) is -0.660. The lowest BCUT2D eigenvalue weighted by Gasteiger charge is -2.19. The van der Waals surface area contributed by atoms with Gasteiger partial charge in [0, 0.05) is 24.3 Å². The summed E-state index contributed by atoms with van der Waals surface area (Å²) < 4.78 is 5.82. The van der Waals surface area contributed by atoms with Crippen molar-refractivity contribution in [3.8, 4) is 5.75 Å². The van der Waals surface area contributed by atoms with E-state index >= 15 is 0 Å². The van der Waals surface area contributed by atoms with Crippen LogP contribution in [0.4, 0.5) is 5.69 Å². The molecule has 2 amide bonds. The van der Waals surface area contributed by atoms with Gasteiger partial charge in [-0.05, 0) is 70.0 Å². The van der Waals surface area contributed by atoms with Gasteiger partial charge in [0.25, 0.3) is 11.8 Å². The Morgan fingerprint density at radius 3 is 2.44 bits per heavy atom. The largest absolute Gasteiger partial charge is 0.481 e. The fourth-order valence-electron chi connectivity index (χ4n) is 2.75. The van der Waals surface area contributed by atoms with Gasteiger partial charge in [0.1, 0.15) is 5.75 Å². The normalized spacial score (nSPS) is 11.6. The monoisotopic (exact) mass is 368 g/mol. The minimum atomic E-state index is -0.660. The van der Waals surface area contributed by atoms with Crippen molar-refractivity contribution in [3.63, 3.8) is 0 Å². The lowest BCUT2D eigenvalue weighted by Crippen LogP contribution is -2.31. The summed E-state index contributed by atoms with van der Waals surface area (Å²) >= 11 is 0. The summed E-state index contributed by atoms with van der Waals surface area (Å²) in [7, 11) is 0. The number of aryl methyl sites for hydroxylation is 2. The highest BCUT2D eigenvalue weighted by Gasteiger charge is 2.17. The first-order valence-electron chi connectivity index (χ1n) is 9.29. The number of hydrogen-bond acceptors (Lipinski definition) is 3. The van der Waals surface area contributed by atoms with Gasteiger partial charge in [0.15, 0.2) is 6.10 Å². The van der Waals surface area contributed by atoms with Gasteiger partial charge in [0.2, 0.25) is 0 Å². The molecular formula is C22H28N2O3. The molecule has 2 aromatic carbocycles. The SMILES string of the molecule is CCN(CC)C(=O)c1cccc(NC(=O)C(C)Oc2cc(C)ccc2C)c1. The van der Waals surface area contributed by atoms with Gasteiger partial charge in [-0.25, -0.2) is 0 Å². The highest BCUT2D eigenvalue weighted by atomic mass is 16.5. The molecule has 0 aliphatic heterocycles. The Bertz CT molecular complexity index is 813. The van der Waals surface area contributed by atoms with Crippen molar-refractivity contribution < 1.29 is 14.3 Å². The number of benzene rings is 2. The third kappa shape index (κ3) is 5.33.